The first kappa shape index (κ1) is 15.8. The van der Waals surface area contributed by atoms with Crippen LogP contribution >= 0.6 is 0 Å². The van der Waals surface area contributed by atoms with Crippen molar-refractivity contribution in [2.24, 2.45) is 5.41 Å². The molecule has 0 aliphatic carbocycles. The van der Waals surface area contributed by atoms with E-state index in [0.29, 0.717) is 18.9 Å². The van der Waals surface area contributed by atoms with Gasteiger partial charge >= 0.3 is 5.97 Å². The van der Waals surface area contributed by atoms with Gasteiger partial charge in [0.25, 0.3) is 0 Å². The quantitative estimate of drug-likeness (QED) is 0.922. The Morgan fingerprint density at radius 1 is 1.38 bits per heavy atom. The minimum absolute atomic E-state index is 0.0845. The second-order valence-electron chi connectivity index (χ2n) is 5.38. The van der Waals surface area contributed by atoms with E-state index in [1.165, 1.54) is 6.92 Å². The summed E-state index contributed by atoms with van der Waals surface area (Å²) in [7, 11) is -4.26. The third-order valence-corrected chi connectivity index (χ3v) is 5.55. The smallest absolute Gasteiger partial charge is 0.310 e. The highest BCUT2D eigenvalue weighted by atomic mass is 32.2. The van der Waals surface area contributed by atoms with E-state index < -0.39 is 37.9 Å². The Labute approximate surface area is 121 Å². The number of carboxylic acids is 1. The first-order valence-electron chi connectivity index (χ1n) is 6.35. The molecule has 1 aliphatic heterocycles. The average Bonchev–Trinajstić information content (AvgIpc) is 2.41. The number of aliphatic carboxylic acids is 1. The summed E-state index contributed by atoms with van der Waals surface area (Å²) in [5.41, 5.74) is -1.23. The van der Waals surface area contributed by atoms with Gasteiger partial charge in [-0.3, -0.25) is 4.79 Å². The van der Waals surface area contributed by atoms with Gasteiger partial charge in [-0.15, -0.1) is 0 Å². The van der Waals surface area contributed by atoms with E-state index in [9.17, 15) is 27.1 Å². The predicted octanol–water partition coefficient (Wildman–Crippen LogP) is 1.84. The summed E-state index contributed by atoms with van der Waals surface area (Å²) in [6.07, 6.45) is 0.680. The number of benzene rings is 1. The van der Waals surface area contributed by atoms with E-state index in [1.54, 1.807) is 0 Å². The van der Waals surface area contributed by atoms with E-state index in [2.05, 4.69) is 0 Å². The van der Waals surface area contributed by atoms with Crippen molar-refractivity contribution in [3.63, 3.8) is 0 Å². The van der Waals surface area contributed by atoms with Crippen LogP contribution in [-0.2, 0) is 14.8 Å². The molecule has 116 valence electrons. The maximum Gasteiger partial charge on any atom is 0.310 e. The van der Waals surface area contributed by atoms with Crippen molar-refractivity contribution >= 4 is 16.0 Å². The van der Waals surface area contributed by atoms with E-state index in [1.807, 2.05) is 0 Å². The second kappa shape index (κ2) is 5.34. The Kier molecular flexibility index (Phi) is 4.03. The van der Waals surface area contributed by atoms with Gasteiger partial charge in [0, 0.05) is 13.1 Å². The number of rotatable bonds is 3. The van der Waals surface area contributed by atoms with E-state index in [0.717, 1.165) is 16.4 Å². The number of sulfonamides is 1. The number of nitrogens with zero attached hydrogens (tertiary/aromatic N) is 1. The molecule has 1 fully saturated rings. The molecule has 1 aromatic carbocycles. The molecule has 0 spiro atoms. The van der Waals surface area contributed by atoms with Gasteiger partial charge in [0.2, 0.25) is 10.0 Å². The van der Waals surface area contributed by atoms with Crippen LogP contribution in [0.15, 0.2) is 23.1 Å². The molecule has 1 aliphatic rings. The zero-order valence-corrected chi connectivity index (χ0v) is 12.2. The molecule has 1 atom stereocenters. The average molecular weight is 319 g/mol. The molecule has 1 aromatic rings. The van der Waals surface area contributed by atoms with Crippen molar-refractivity contribution in [2.75, 3.05) is 13.1 Å². The highest BCUT2D eigenvalue weighted by Gasteiger charge is 2.42. The highest BCUT2D eigenvalue weighted by molar-refractivity contribution is 7.89. The number of piperidine rings is 1. The maximum absolute atomic E-state index is 13.7. The van der Waals surface area contributed by atoms with Crippen LogP contribution < -0.4 is 0 Å². The van der Waals surface area contributed by atoms with E-state index in [-0.39, 0.29) is 13.1 Å². The van der Waals surface area contributed by atoms with Crippen molar-refractivity contribution in [1.82, 2.24) is 4.31 Å². The largest absolute Gasteiger partial charge is 0.481 e. The molecule has 0 aromatic heterocycles. The first-order chi connectivity index (χ1) is 9.67. The summed E-state index contributed by atoms with van der Waals surface area (Å²) in [6, 6.07) is 2.17. The van der Waals surface area contributed by atoms with Gasteiger partial charge < -0.3 is 5.11 Å². The molecule has 8 heteroatoms. The van der Waals surface area contributed by atoms with Gasteiger partial charge in [0.1, 0.15) is 16.5 Å². The Bertz CT molecular complexity index is 677. The van der Waals surface area contributed by atoms with Crippen molar-refractivity contribution in [1.29, 1.82) is 0 Å². The van der Waals surface area contributed by atoms with Crippen LogP contribution in [0.3, 0.4) is 0 Å². The normalized spacial score (nSPS) is 24.0. The van der Waals surface area contributed by atoms with Crippen molar-refractivity contribution in [2.45, 2.75) is 24.7 Å². The fourth-order valence-electron chi connectivity index (χ4n) is 2.39. The number of carbonyl (C=O) groups is 1. The summed E-state index contributed by atoms with van der Waals surface area (Å²) >= 11 is 0. The number of halogens is 2. The van der Waals surface area contributed by atoms with Gasteiger partial charge in [-0.25, -0.2) is 17.2 Å². The van der Waals surface area contributed by atoms with E-state index >= 15 is 0 Å². The van der Waals surface area contributed by atoms with Gasteiger partial charge in [-0.2, -0.15) is 4.31 Å². The van der Waals surface area contributed by atoms with Crippen LogP contribution in [0.25, 0.3) is 0 Å². The summed E-state index contributed by atoms with van der Waals surface area (Å²) in [5.74, 6) is -3.03. The molecule has 0 bridgehead atoms. The Morgan fingerprint density at radius 3 is 2.67 bits per heavy atom. The van der Waals surface area contributed by atoms with Crippen LogP contribution in [0.5, 0.6) is 0 Å². The van der Waals surface area contributed by atoms with Crippen LogP contribution in [0.4, 0.5) is 8.78 Å². The third-order valence-electron chi connectivity index (χ3n) is 3.69. The van der Waals surface area contributed by atoms with Gasteiger partial charge in [-0.1, -0.05) is 0 Å². The lowest BCUT2D eigenvalue weighted by molar-refractivity contribution is -0.150. The van der Waals surface area contributed by atoms with Crippen LogP contribution in [0.1, 0.15) is 19.8 Å². The molecule has 5 nitrogen and oxygen atoms in total. The minimum Gasteiger partial charge on any atom is -0.481 e. The molecule has 0 radical (unpaired) electrons. The van der Waals surface area contributed by atoms with Crippen LogP contribution in [0, 0.1) is 17.0 Å². The zero-order valence-electron chi connectivity index (χ0n) is 11.3. The van der Waals surface area contributed by atoms with Crippen LogP contribution in [0.2, 0.25) is 0 Å². The monoisotopic (exact) mass is 319 g/mol. The highest BCUT2D eigenvalue weighted by Crippen LogP contribution is 2.33. The van der Waals surface area contributed by atoms with Gasteiger partial charge in [-0.05, 0) is 38.0 Å². The lowest BCUT2D eigenvalue weighted by atomic mass is 9.83. The third kappa shape index (κ3) is 2.91. The molecule has 1 unspecified atom stereocenters. The molecular formula is C13H15F2NO4S. The summed E-state index contributed by atoms with van der Waals surface area (Å²) in [6.45, 7) is 1.26. The maximum atomic E-state index is 13.7. The van der Waals surface area contributed by atoms with Gasteiger partial charge in [0.15, 0.2) is 0 Å². The standard InChI is InChI=1S/C13H15F2NO4S/c1-13(12(17)18)5-2-6-16(8-13)21(19,20)11-7-9(14)3-4-10(11)15/h3-4,7H,2,5-6,8H2,1H3,(H,17,18). The minimum atomic E-state index is -4.26. The Morgan fingerprint density at radius 2 is 2.05 bits per heavy atom. The predicted molar refractivity (Wildman–Crippen MR) is 70.1 cm³/mol. The Balaban J connectivity index is 2.40. The zero-order chi connectivity index (χ0) is 15.8. The molecule has 1 saturated heterocycles. The lowest BCUT2D eigenvalue weighted by Gasteiger charge is -2.36. The summed E-state index contributed by atoms with van der Waals surface area (Å²) in [4.78, 5) is 10.5. The molecule has 1 heterocycles. The summed E-state index contributed by atoms with van der Waals surface area (Å²) < 4.78 is 52.6. The Hall–Kier alpha value is -1.54. The second-order valence-corrected chi connectivity index (χ2v) is 7.29. The van der Waals surface area contributed by atoms with Crippen LogP contribution in [-0.4, -0.2) is 36.9 Å². The topological polar surface area (TPSA) is 74.7 Å². The fourth-order valence-corrected chi connectivity index (χ4v) is 4.07. The number of hydrogen-bond acceptors (Lipinski definition) is 3. The molecule has 0 amide bonds. The molecule has 0 saturated carbocycles. The molecule has 1 N–H and O–H groups in total. The first-order valence-corrected chi connectivity index (χ1v) is 7.79. The van der Waals surface area contributed by atoms with Gasteiger partial charge in [0.05, 0.1) is 5.41 Å². The molecular weight excluding hydrogens is 304 g/mol. The lowest BCUT2D eigenvalue weighted by Crippen LogP contribution is -2.48. The SMILES string of the molecule is CC1(C(=O)O)CCCN(S(=O)(=O)c2cc(F)ccc2F)C1. The number of carboxylic acid groups (broad SMARTS) is 1. The van der Waals surface area contributed by atoms with Crippen molar-refractivity contribution in [3.8, 4) is 0 Å². The molecule has 21 heavy (non-hydrogen) atoms. The number of hydrogen-bond donors (Lipinski definition) is 1. The summed E-state index contributed by atoms with van der Waals surface area (Å²) in [5, 5.41) is 9.19. The molecule has 2 rings (SSSR count). The van der Waals surface area contributed by atoms with Crippen molar-refractivity contribution < 1.29 is 27.1 Å². The fraction of sp³-hybridized carbons (Fsp3) is 0.462. The van der Waals surface area contributed by atoms with Crippen molar-refractivity contribution in [3.05, 3.63) is 29.8 Å². The van der Waals surface area contributed by atoms with E-state index in [4.69, 9.17) is 0 Å².